The highest BCUT2D eigenvalue weighted by atomic mass is 16.4. The van der Waals surface area contributed by atoms with Crippen molar-refractivity contribution in [2.24, 2.45) is 17.2 Å². The standard InChI is InChI=1S/C21H38N8O5/c1-13(21(33)34)27-20(32)17(10-14-11-25-12-26-14)29-19(31)16(7-3-5-9-23)28-18(30)15(24)6-2-4-8-22/h11-13,15-17H,2-10,22-24H2,1H3,(H,25,26)(H,27,32)(H,28,30)(H,29,31)(H,33,34). The molecule has 0 radical (unpaired) electrons. The summed E-state index contributed by atoms with van der Waals surface area (Å²) in [6.45, 7) is 2.24. The van der Waals surface area contributed by atoms with E-state index in [1.165, 1.54) is 19.4 Å². The predicted octanol–water partition coefficient (Wildman–Crippen LogP) is -1.90. The molecule has 1 aromatic heterocycles. The Morgan fingerprint density at radius 2 is 1.53 bits per heavy atom. The van der Waals surface area contributed by atoms with Gasteiger partial charge in [0.25, 0.3) is 0 Å². The molecule has 3 amide bonds. The Bertz CT molecular complexity index is 773. The molecule has 192 valence electrons. The van der Waals surface area contributed by atoms with Gasteiger partial charge < -0.3 is 43.2 Å². The number of nitrogens with two attached hydrogens (primary N) is 3. The molecule has 0 saturated carbocycles. The van der Waals surface area contributed by atoms with E-state index in [0.717, 1.165) is 6.42 Å². The molecule has 34 heavy (non-hydrogen) atoms. The Morgan fingerprint density at radius 1 is 0.941 bits per heavy atom. The van der Waals surface area contributed by atoms with Crippen molar-refractivity contribution in [1.29, 1.82) is 0 Å². The van der Waals surface area contributed by atoms with Gasteiger partial charge in [0.2, 0.25) is 17.7 Å². The highest BCUT2D eigenvalue weighted by molar-refractivity contribution is 5.94. The Hall–Kier alpha value is -3.03. The number of rotatable bonds is 17. The van der Waals surface area contributed by atoms with E-state index in [4.69, 9.17) is 22.3 Å². The average Bonchev–Trinajstić information content (AvgIpc) is 3.31. The zero-order valence-electron chi connectivity index (χ0n) is 19.6. The first-order valence-electron chi connectivity index (χ1n) is 11.5. The maximum absolute atomic E-state index is 13.1. The normalized spacial score (nSPS) is 14.5. The topological polar surface area (TPSA) is 231 Å². The number of hydrogen-bond acceptors (Lipinski definition) is 8. The number of carboxylic acid groups (broad SMARTS) is 1. The van der Waals surface area contributed by atoms with E-state index >= 15 is 0 Å². The van der Waals surface area contributed by atoms with Crippen molar-refractivity contribution in [3.63, 3.8) is 0 Å². The van der Waals surface area contributed by atoms with Gasteiger partial charge in [0.05, 0.1) is 12.4 Å². The predicted molar refractivity (Wildman–Crippen MR) is 125 cm³/mol. The molecule has 13 nitrogen and oxygen atoms in total. The van der Waals surface area contributed by atoms with Gasteiger partial charge >= 0.3 is 5.97 Å². The average molecular weight is 483 g/mol. The number of aromatic amines is 1. The van der Waals surface area contributed by atoms with E-state index in [0.29, 0.717) is 50.9 Å². The van der Waals surface area contributed by atoms with Crippen molar-refractivity contribution in [3.8, 4) is 0 Å². The molecule has 0 fully saturated rings. The number of nitrogens with zero attached hydrogens (tertiary/aromatic N) is 1. The summed E-state index contributed by atoms with van der Waals surface area (Å²) in [6.07, 6.45) is 6.34. The number of imidazole rings is 1. The zero-order chi connectivity index (χ0) is 25.5. The van der Waals surface area contributed by atoms with Crippen molar-refractivity contribution in [3.05, 3.63) is 18.2 Å². The van der Waals surface area contributed by atoms with Crippen LogP contribution in [0.25, 0.3) is 0 Å². The molecule has 4 unspecified atom stereocenters. The molecular weight excluding hydrogens is 444 g/mol. The molecule has 0 aliphatic heterocycles. The van der Waals surface area contributed by atoms with Gasteiger partial charge in [-0.15, -0.1) is 0 Å². The number of hydrogen-bond donors (Lipinski definition) is 8. The highest BCUT2D eigenvalue weighted by Crippen LogP contribution is 2.06. The summed E-state index contributed by atoms with van der Waals surface area (Å²) in [4.78, 5) is 56.2. The summed E-state index contributed by atoms with van der Waals surface area (Å²) < 4.78 is 0. The highest BCUT2D eigenvalue weighted by Gasteiger charge is 2.29. The summed E-state index contributed by atoms with van der Waals surface area (Å²) in [6, 6.07) is -3.98. The summed E-state index contributed by atoms with van der Waals surface area (Å²) in [7, 11) is 0. The fourth-order valence-electron chi connectivity index (χ4n) is 3.15. The van der Waals surface area contributed by atoms with Crippen LogP contribution in [0.1, 0.15) is 51.1 Å². The maximum Gasteiger partial charge on any atom is 0.325 e. The number of nitrogens with one attached hydrogen (secondary N) is 4. The van der Waals surface area contributed by atoms with Crippen LogP contribution < -0.4 is 33.2 Å². The number of carbonyl (C=O) groups is 4. The lowest BCUT2D eigenvalue weighted by atomic mass is 10.0. The van der Waals surface area contributed by atoms with E-state index in [2.05, 4.69) is 25.9 Å². The molecule has 1 heterocycles. The minimum atomic E-state index is -1.21. The van der Waals surface area contributed by atoms with Crippen LogP contribution in [-0.4, -0.2) is 76.0 Å². The summed E-state index contributed by atoms with van der Waals surface area (Å²) >= 11 is 0. The Kier molecular flexibility index (Phi) is 13.4. The molecule has 1 rings (SSSR count). The van der Waals surface area contributed by atoms with Crippen molar-refractivity contribution >= 4 is 23.7 Å². The summed E-state index contributed by atoms with van der Waals surface area (Å²) in [5.74, 6) is -2.94. The van der Waals surface area contributed by atoms with E-state index in [1.807, 2.05) is 0 Å². The van der Waals surface area contributed by atoms with E-state index in [1.54, 1.807) is 0 Å². The third kappa shape index (κ3) is 10.7. The molecular formula is C21H38N8O5. The Labute approximate surface area is 199 Å². The lowest BCUT2D eigenvalue weighted by Crippen LogP contribution is -2.57. The molecule has 0 saturated heterocycles. The van der Waals surface area contributed by atoms with Crippen LogP contribution in [0.2, 0.25) is 0 Å². The second-order valence-corrected chi connectivity index (χ2v) is 8.15. The van der Waals surface area contributed by atoms with Crippen LogP contribution in [0.4, 0.5) is 0 Å². The maximum atomic E-state index is 13.1. The van der Waals surface area contributed by atoms with Gasteiger partial charge in [-0.25, -0.2) is 4.98 Å². The minimum Gasteiger partial charge on any atom is -0.480 e. The van der Waals surface area contributed by atoms with Crippen LogP contribution in [0, 0.1) is 0 Å². The van der Waals surface area contributed by atoms with Gasteiger partial charge in [0.1, 0.15) is 18.1 Å². The van der Waals surface area contributed by atoms with Gasteiger partial charge in [-0.3, -0.25) is 19.2 Å². The molecule has 0 aromatic carbocycles. The molecule has 1 aromatic rings. The lowest BCUT2D eigenvalue weighted by molar-refractivity contribution is -0.141. The molecule has 0 spiro atoms. The van der Waals surface area contributed by atoms with Gasteiger partial charge in [0, 0.05) is 18.3 Å². The van der Waals surface area contributed by atoms with Gasteiger partial charge in [-0.2, -0.15) is 0 Å². The molecule has 0 aliphatic rings. The van der Waals surface area contributed by atoms with Crippen LogP contribution in [0.5, 0.6) is 0 Å². The van der Waals surface area contributed by atoms with Gasteiger partial charge in [-0.1, -0.05) is 6.42 Å². The number of unbranched alkanes of at least 4 members (excludes halogenated alkanes) is 2. The Morgan fingerprint density at radius 3 is 2.09 bits per heavy atom. The van der Waals surface area contributed by atoms with E-state index in [9.17, 15) is 19.2 Å². The molecule has 11 N–H and O–H groups in total. The third-order valence-electron chi connectivity index (χ3n) is 5.23. The first kappa shape index (κ1) is 29.0. The lowest BCUT2D eigenvalue weighted by Gasteiger charge is -2.24. The quantitative estimate of drug-likeness (QED) is 0.116. The van der Waals surface area contributed by atoms with Crippen LogP contribution in [0.15, 0.2) is 12.5 Å². The first-order chi connectivity index (χ1) is 16.2. The van der Waals surface area contributed by atoms with Gasteiger partial charge in [0.15, 0.2) is 0 Å². The van der Waals surface area contributed by atoms with Crippen molar-refractivity contribution in [1.82, 2.24) is 25.9 Å². The molecule has 0 aliphatic carbocycles. The van der Waals surface area contributed by atoms with E-state index in [-0.39, 0.29) is 6.42 Å². The molecule has 4 atom stereocenters. The zero-order valence-corrected chi connectivity index (χ0v) is 19.6. The smallest absolute Gasteiger partial charge is 0.325 e. The molecule has 0 bridgehead atoms. The van der Waals surface area contributed by atoms with E-state index < -0.39 is 47.9 Å². The van der Waals surface area contributed by atoms with Gasteiger partial charge in [-0.05, 0) is 52.1 Å². The molecule has 13 heteroatoms. The number of carboxylic acids is 1. The van der Waals surface area contributed by atoms with Crippen molar-refractivity contribution in [2.45, 2.75) is 76.0 Å². The summed E-state index contributed by atoms with van der Waals surface area (Å²) in [5.41, 5.74) is 17.5. The second kappa shape index (κ2) is 15.7. The number of carbonyl (C=O) groups excluding carboxylic acids is 3. The number of amides is 3. The van der Waals surface area contributed by atoms with Crippen LogP contribution in [0.3, 0.4) is 0 Å². The van der Waals surface area contributed by atoms with Crippen molar-refractivity contribution < 1.29 is 24.3 Å². The second-order valence-electron chi connectivity index (χ2n) is 8.15. The number of aromatic nitrogens is 2. The monoisotopic (exact) mass is 482 g/mol. The van der Waals surface area contributed by atoms with Crippen molar-refractivity contribution in [2.75, 3.05) is 13.1 Å². The Balaban J connectivity index is 2.93. The fourth-order valence-corrected chi connectivity index (χ4v) is 3.15. The largest absolute Gasteiger partial charge is 0.480 e. The fraction of sp³-hybridized carbons (Fsp3) is 0.667. The summed E-state index contributed by atoms with van der Waals surface area (Å²) in [5, 5.41) is 16.7. The number of aliphatic carboxylic acids is 1. The first-order valence-corrected chi connectivity index (χ1v) is 11.5. The van der Waals surface area contributed by atoms with Crippen LogP contribution >= 0.6 is 0 Å². The SMILES string of the molecule is CC(NC(=O)C(Cc1cnc[nH]1)NC(=O)C(CCCCN)NC(=O)C(N)CCCCN)C(=O)O. The number of H-pyrrole nitrogens is 1. The third-order valence-corrected chi connectivity index (χ3v) is 5.23. The van der Waals surface area contributed by atoms with Crippen LogP contribution in [-0.2, 0) is 25.6 Å². The minimum absolute atomic E-state index is 0.0476.